The Bertz CT molecular complexity index is 6720. The molecule has 0 fully saturated rings. The maximum absolute atomic E-state index is 6.40. The van der Waals surface area contributed by atoms with Gasteiger partial charge in [-0.2, -0.15) is 0 Å². The summed E-state index contributed by atoms with van der Waals surface area (Å²) in [6, 6.07) is 110. The first kappa shape index (κ1) is 64.3. The van der Waals surface area contributed by atoms with Gasteiger partial charge in [0, 0.05) is 81.3 Å². The number of hydrogen-bond donors (Lipinski definition) is 0. The van der Waals surface area contributed by atoms with Gasteiger partial charge in [0.25, 0.3) is 0 Å². The van der Waals surface area contributed by atoms with Crippen LogP contribution in [0.2, 0.25) is 0 Å². The maximum Gasteiger partial charge on any atom is 0.164 e. The summed E-state index contributed by atoms with van der Waals surface area (Å²) in [4.78, 5) is 15.7. The molecular formula is C102H69N3O6. The van der Waals surface area contributed by atoms with Crippen LogP contribution in [0.3, 0.4) is 0 Å². The molecule has 9 heteroatoms. The van der Waals surface area contributed by atoms with E-state index in [4.69, 9.17) is 41.5 Å². The topological polar surface area (TPSA) is 118 Å². The van der Waals surface area contributed by atoms with Gasteiger partial charge in [-0.15, -0.1) is 0 Å². The molecule has 0 aliphatic carbocycles. The first-order chi connectivity index (χ1) is 54.8. The molecule has 0 spiro atoms. The molecule has 0 aliphatic rings. The lowest BCUT2D eigenvalue weighted by Gasteiger charge is -2.10. The third kappa shape index (κ3) is 11.8. The van der Waals surface area contributed by atoms with Gasteiger partial charge >= 0.3 is 0 Å². The van der Waals surface area contributed by atoms with Crippen molar-refractivity contribution in [2.45, 2.75) is 57.8 Å². The Kier molecular flexibility index (Phi) is 15.4. The van der Waals surface area contributed by atoms with E-state index >= 15 is 0 Å². The van der Waals surface area contributed by atoms with E-state index in [-0.39, 0.29) is 0 Å². The van der Waals surface area contributed by atoms with Crippen molar-refractivity contribution in [1.82, 2.24) is 15.0 Å². The first-order valence-corrected chi connectivity index (χ1v) is 38.5. The van der Waals surface area contributed by atoms with Crippen molar-refractivity contribution in [3.05, 3.63) is 343 Å². The average molecular weight is 1430 g/mol. The minimum Gasteiger partial charge on any atom is -0.456 e. The molecule has 7 heterocycles. The van der Waals surface area contributed by atoms with Crippen molar-refractivity contribution in [2.75, 3.05) is 0 Å². The summed E-state index contributed by atoms with van der Waals surface area (Å²) in [5, 5.41) is 13.5. The molecule has 0 atom stereocenters. The van der Waals surface area contributed by atoms with Crippen LogP contribution in [0.1, 0.15) is 52.6 Å². The SMILES string of the molecule is c1ccc2c(c1)oc1ccc(-c3ccc4oc5ccc(CCCc6ccc(-c7nc(-c8ccc(CCCc9ccc%10oc%11ccc(-c%12ccc%13oc%14ccccc%14c%13c%12)cc%11c%10c9)cc8)nc(-c8ccc(CCCc9ccc%10oc%11ccc(-c%12ccc%13oc%14ccccc%14c%13c%12)cc%11c%10c9)cc8)n7)cc6)cc5c4c3)cc12. The minimum absolute atomic E-state index is 0.639. The lowest BCUT2D eigenvalue weighted by atomic mass is 9.99. The standard InChI is InChI=1S/C102H69N3O6/c1-4-19-88-76(16-1)82-55-70(37-46-94(82)106-88)73-40-49-97-85(58-73)79-52-64(28-43-91(79)109-97)13-7-10-61-22-31-67(32-23-61)100-103-101(68-33-24-62(25-34-68)11-8-14-65-29-44-92-80(53-65)86-59-74(41-50-98(86)110-92)71-38-47-95-83(56-71)77-17-2-5-20-89(77)107-95)105-102(104-100)69-35-26-63(27-36-69)12-9-15-66-30-45-93-81(54-66)87-60-75(42-51-99(87)111-93)72-39-48-96-84(57-72)78-18-3-6-21-90(78)108-96/h1-6,16-60H,7-15H2. The lowest BCUT2D eigenvalue weighted by molar-refractivity contribution is 0.668. The van der Waals surface area contributed by atoms with E-state index in [0.717, 1.165) is 239 Å². The Morgan fingerprint density at radius 1 is 0.153 bits per heavy atom. The van der Waals surface area contributed by atoms with Crippen molar-refractivity contribution < 1.29 is 26.5 Å². The number of para-hydroxylation sites is 3. The molecule has 111 heavy (non-hydrogen) atoms. The zero-order valence-electron chi connectivity index (χ0n) is 60.6. The summed E-state index contributed by atoms with van der Waals surface area (Å²) in [5.74, 6) is 1.92. The molecule has 0 bridgehead atoms. The third-order valence-corrected chi connectivity index (χ3v) is 22.8. The molecule has 22 aromatic rings. The van der Waals surface area contributed by atoms with Crippen molar-refractivity contribution in [2.24, 2.45) is 0 Å². The van der Waals surface area contributed by atoms with Gasteiger partial charge in [0.2, 0.25) is 0 Å². The predicted molar refractivity (Wildman–Crippen MR) is 452 cm³/mol. The third-order valence-electron chi connectivity index (χ3n) is 22.8. The summed E-state index contributed by atoms with van der Waals surface area (Å²) in [7, 11) is 0. The molecule has 9 nitrogen and oxygen atoms in total. The Hall–Kier alpha value is -13.9. The highest BCUT2D eigenvalue weighted by atomic mass is 16.3. The Balaban J connectivity index is 0.501. The van der Waals surface area contributed by atoms with Crippen LogP contribution in [0.4, 0.5) is 0 Å². The Morgan fingerprint density at radius 2 is 0.333 bits per heavy atom. The van der Waals surface area contributed by atoms with Gasteiger partial charge in [0.1, 0.15) is 67.0 Å². The van der Waals surface area contributed by atoms with E-state index in [1.165, 1.54) is 33.4 Å². The zero-order chi connectivity index (χ0) is 73.0. The number of aryl methyl sites for hydroxylation is 6. The summed E-state index contributed by atoms with van der Waals surface area (Å²) in [6.07, 6.45) is 8.55. The highest BCUT2D eigenvalue weighted by Gasteiger charge is 2.20. The fourth-order valence-corrected chi connectivity index (χ4v) is 16.9. The predicted octanol–water partition coefficient (Wildman–Crippen LogP) is 27.8. The van der Waals surface area contributed by atoms with Gasteiger partial charge < -0.3 is 26.5 Å². The van der Waals surface area contributed by atoms with Gasteiger partial charge in [-0.05, 0) is 252 Å². The molecule has 528 valence electrons. The van der Waals surface area contributed by atoms with Crippen molar-refractivity contribution in [3.8, 4) is 67.5 Å². The highest BCUT2D eigenvalue weighted by molar-refractivity contribution is 6.12. The van der Waals surface area contributed by atoms with E-state index in [2.05, 4.69) is 273 Å². The zero-order valence-corrected chi connectivity index (χ0v) is 60.6. The number of rotatable bonds is 18. The molecule has 0 aliphatic heterocycles. The highest BCUT2D eigenvalue weighted by Crippen LogP contribution is 2.42. The summed E-state index contributed by atoms with van der Waals surface area (Å²) >= 11 is 0. The largest absolute Gasteiger partial charge is 0.456 e. The van der Waals surface area contributed by atoms with Gasteiger partial charge in [-0.1, -0.05) is 182 Å². The van der Waals surface area contributed by atoms with Crippen LogP contribution >= 0.6 is 0 Å². The summed E-state index contributed by atoms with van der Waals surface area (Å²) < 4.78 is 37.7. The molecule has 0 unspecified atom stereocenters. The van der Waals surface area contributed by atoms with Crippen LogP contribution in [-0.4, -0.2) is 15.0 Å². The fraction of sp³-hybridized carbons (Fsp3) is 0.0882. The number of benzene rings is 15. The normalized spacial score (nSPS) is 12.1. The van der Waals surface area contributed by atoms with Crippen LogP contribution in [0.15, 0.2) is 336 Å². The van der Waals surface area contributed by atoms with Crippen molar-refractivity contribution in [1.29, 1.82) is 0 Å². The van der Waals surface area contributed by atoms with Crippen LogP contribution in [0.5, 0.6) is 0 Å². The molecule has 15 aromatic carbocycles. The average Bonchev–Trinajstić information content (AvgIpc) is 1.63. The Labute approximate surface area is 637 Å². The number of aromatic nitrogens is 3. The molecule has 22 rings (SSSR count). The van der Waals surface area contributed by atoms with Gasteiger partial charge in [-0.3, -0.25) is 0 Å². The van der Waals surface area contributed by atoms with Gasteiger partial charge in [0.05, 0.1) is 0 Å². The van der Waals surface area contributed by atoms with Crippen molar-refractivity contribution in [3.63, 3.8) is 0 Å². The second kappa shape index (κ2) is 26.5. The van der Waals surface area contributed by atoms with Crippen LogP contribution in [-0.2, 0) is 38.5 Å². The second-order valence-corrected chi connectivity index (χ2v) is 29.8. The fourth-order valence-electron chi connectivity index (χ4n) is 16.9. The number of fused-ring (bicyclic) bond motifs is 18. The minimum atomic E-state index is 0.639. The number of nitrogens with zero attached hydrogens (tertiary/aromatic N) is 3. The van der Waals surface area contributed by atoms with Gasteiger partial charge in [-0.25, -0.2) is 15.0 Å². The molecule has 0 saturated carbocycles. The lowest BCUT2D eigenvalue weighted by Crippen LogP contribution is -2.01. The molecule has 0 N–H and O–H groups in total. The molecule has 0 amide bonds. The molecular weight excluding hydrogens is 1360 g/mol. The van der Waals surface area contributed by atoms with E-state index in [9.17, 15) is 0 Å². The van der Waals surface area contributed by atoms with E-state index in [1.54, 1.807) is 0 Å². The molecule has 7 aromatic heterocycles. The summed E-state index contributed by atoms with van der Waals surface area (Å²) in [6.45, 7) is 0. The second-order valence-electron chi connectivity index (χ2n) is 29.8. The quantitative estimate of drug-likeness (QED) is 0.0827. The number of hydrogen-bond acceptors (Lipinski definition) is 9. The first-order valence-electron chi connectivity index (χ1n) is 38.5. The van der Waals surface area contributed by atoms with Crippen LogP contribution < -0.4 is 0 Å². The van der Waals surface area contributed by atoms with Crippen LogP contribution in [0, 0.1) is 0 Å². The van der Waals surface area contributed by atoms with Gasteiger partial charge in [0.15, 0.2) is 17.5 Å². The monoisotopic (exact) mass is 1430 g/mol. The van der Waals surface area contributed by atoms with Crippen molar-refractivity contribution >= 4 is 132 Å². The van der Waals surface area contributed by atoms with E-state index in [0.29, 0.717) is 17.5 Å². The smallest absolute Gasteiger partial charge is 0.164 e. The summed E-state index contributed by atoms with van der Waals surface area (Å²) in [5.41, 5.74) is 28.1. The molecule has 0 saturated heterocycles. The molecule has 0 radical (unpaired) electrons. The van der Waals surface area contributed by atoms with E-state index in [1.807, 2.05) is 36.4 Å². The Morgan fingerprint density at radius 3 is 0.586 bits per heavy atom. The number of furan rings is 6. The van der Waals surface area contributed by atoms with Crippen LogP contribution in [0.25, 0.3) is 199 Å². The van der Waals surface area contributed by atoms with E-state index < -0.39 is 0 Å². The maximum atomic E-state index is 6.40.